The van der Waals surface area contributed by atoms with Crippen molar-refractivity contribution in [2.75, 3.05) is 6.26 Å². The summed E-state index contributed by atoms with van der Waals surface area (Å²) in [4.78, 5) is 11.2. The molecule has 1 aromatic heterocycles. The second-order valence-corrected chi connectivity index (χ2v) is 7.43. The van der Waals surface area contributed by atoms with Crippen molar-refractivity contribution in [1.29, 1.82) is 0 Å². The molecule has 0 fully saturated rings. The van der Waals surface area contributed by atoms with Gasteiger partial charge in [-0.05, 0) is 67.3 Å². The summed E-state index contributed by atoms with van der Waals surface area (Å²) in [6, 6.07) is 9.91. The van der Waals surface area contributed by atoms with E-state index in [4.69, 9.17) is 17.3 Å². The Morgan fingerprint density at radius 3 is 2.48 bits per heavy atom. The lowest BCUT2D eigenvalue weighted by molar-refractivity contribution is 0.100. The summed E-state index contributed by atoms with van der Waals surface area (Å²) in [5, 5.41) is 0.880. The third kappa shape index (κ3) is 4.77. The first-order chi connectivity index (χ1) is 10.1. The van der Waals surface area contributed by atoms with Crippen LogP contribution in [-0.4, -0.2) is 12.2 Å². The Hall–Kier alpha value is -0.970. The monoisotopic (exact) mass is 339 g/mol. The number of hydrogen-bond acceptors (Lipinski definition) is 3. The van der Waals surface area contributed by atoms with Crippen LogP contribution in [0.4, 0.5) is 0 Å². The lowest BCUT2D eigenvalue weighted by Crippen LogP contribution is -2.07. The van der Waals surface area contributed by atoms with Gasteiger partial charge in [0, 0.05) is 5.02 Å². The molecule has 0 spiro atoms. The van der Waals surface area contributed by atoms with E-state index in [1.165, 1.54) is 48.1 Å². The summed E-state index contributed by atoms with van der Waals surface area (Å²) < 4.78 is 1.12. The smallest absolute Gasteiger partial charge is 0.258 e. The van der Waals surface area contributed by atoms with Gasteiger partial charge < -0.3 is 5.73 Å². The van der Waals surface area contributed by atoms with E-state index in [9.17, 15) is 4.79 Å². The second kappa shape index (κ2) is 7.87. The summed E-state index contributed by atoms with van der Waals surface area (Å²) in [6.45, 7) is 0. The van der Waals surface area contributed by atoms with Crippen molar-refractivity contribution in [3.05, 3.63) is 51.4 Å². The van der Waals surface area contributed by atoms with Crippen molar-refractivity contribution < 1.29 is 4.79 Å². The van der Waals surface area contributed by atoms with Crippen molar-refractivity contribution in [1.82, 2.24) is 0 Å². The SMILES string of the molecule is CSc1ccc(C(N)=O)s1.Clc1ccc2c(c1)CCCC2. The molecule has 2 nitrogen and oxygen atoms in total. The van der Waals surface area contributed by atoms with Crippen molar-refractivity contribution >= 4 is 40.6 Å². The van der Waals surface area contributed by atoms with Crippen LogP contribution in [0.25, 0.3) is 0 Å². The van der Waals surface area contributed by atoms with Crippen molar-refractivity contribution in [2.45, 2.75) is 29.9 Å². The Morgan fingerprint density at radius 2 is 1.90 bits per heavy atom. The predicted octanol–water partition coefficient (Wildman–Crippen LogP) is 4.79. The Labute approximate surface area is 138 Å². The summed E-state index contributed by atoms with van der Waals surface area (Å²) >= 11 is 8.92. The van der Waals surface area contributed by atoms with Crippen molar-refractivity contribution in [3.63, 3.8) is 0 Å². The van der Waals surface area contributed by atoms with Gasteiger partial charge in [0.15, 0.2) is 0 Å². The highest BCUT2D eigenvalue weighted by molar-refractivity contribution is 8.00. The standard InChI is InChI=1S/C10H11Cl.C6H7NOS2/c11-10-6-5-8-3-1-2-4-9(8)7-10;1-9-5-3-2-4(10-5)6(7)8/h5-7H,1-4H2;2-3H,1H3,(H2,7,8). The molecule has 0 saturated carbocycles. The topological polar surface area (TPSA) is 43.1 Å². The van der Waals surface area contributed by atoms with E-state index in [0.29, 0.717) is 4.88 Å². The average Bonchev–Trinajstić information content (AvgIpc) is 2.97. The minimum absolute atomic E-state index is 0.342. The maximum absolute atomic E-state index is 10.6. The molecule has 0 aliphatic heterocycles. The Bertz CT molecular complexity index is 624. The molecule has 1 aliphatic rings. The van der Waals surface area contributed by atoms with Crippen LogP contribution >= 0.6 is 34.7 Å². The summed E-state index contributed by atoms with van der Waals surface area (Å²) in [5.74, 6) is -0.342. The van der Waals surface area contributed by atoms with Gasteiger partial charge in [-0.2, -0.15) is 0 Å². The van der Waals surface area contributed by atoms with E-state index in [0.717, 1.165) is 9.23 Å². The van der Waals surface area contributed by atoms with E-state index >= 15 is 0 Å². The molecule has 112 valence electrons. The first kappa shape index (κ1) is 16.4. The molecule has 2 aromatic rings. The lowest BCUT2D eigenvalue weighted by atomic mass is 9.92. The molecular weight excluding hydrogens is 322 g/mol. The molecule has 1 amide bonds. The second-order valence-electron chi connectivity index (χ2n) is 4.81. The van der Waals surface area contributed by atoms with Crippen LogP contribution < -0.4 is 5.73 Å². The van der Waals surface area contributed by atoms with Crippen LogP contribution in [0.2, 0.25) is 5.02 Å². The fourth-order valence-electron chi connectivity index (χ4n) is 2.26. The van der Waals surface area contributed by atoms with Crippen LogP contribution in [0.1, 0.15) is 33.6 Å². The van der Waals surface area contributed by atoms with E-state index in [-0.39, 0.29) is 5.91 Å². The molecule has 0 radical (unpaired) electrons. The van der Waals surface area contributed by atoms with Gasteiger partial charge in [0.05, 0.1) is 9.09 Å². The number of hydrogen-bond donors (Lipinski definition) is 1. The molecule has 2 N–H and O–H groups in total. The van der Waals surface area contributed by atoms with E-state index in [1.807, 2.05) is 18.4 Å². The number of benzene rings is 1. The maximum Gasteiger partial charge on any atom is 0.258 e. The largest absolute Gasteiger partial charge is 0.365 e. The first-order valence-electron chi connectivity index (χ1n) is 6.81. The zero-order chi connectivity index (χ0) is 15.2. The molecule has 0 unspecified atom stereocenters. The van der Waals surface area contributed by atoms with Crippen molar-refractivity contribution in [2.24, 2.45) is 5.73 Å². The number of nitrogens with two attached hydrogens (primary N) is 1. The number of amides is 1. The van der Waals surface area contributed by atoms with Gasteiger partial charge in [-0.25, -0.2) is 0 Å². The number of halogens is 1. The maximum atomic E-state index is 10.6. The highest BCUT2D eigenvalue weighted by Gasteiger charge is 2.08. The number of thiophene rings is 1. The van der Waals surface area contributed by atoms with Gasteiger partial charge in [-0.3, -0.25) is 4.79 Å². The highest BCUT2D eigenvalue weighted by Crippen LogP contribution is 2.24. The molecule has 1 aromatic carbocycles. The van der Waals surface area contributed by atoms with E-state index in [2.05, 4.69) is 12.1 Å². The summed E-state index contributed by atoms with van der Waals surface area (Å²) in [6.07, 6.45) is 7.10. The Balaban J connectivity index is 0.000000155. The third-order valence-electron chi connectivity index (χ3n) is 3.34. The van der Waals surface area contributed by atoms with Crippen LogP contribution in [0, 0.1) is 0 Å². The molecule has 21 heavy (non-hydrogen) atoms. The fourth-order valence-corrected chi connectivity index (χ4v) is 3.86. The van der Waals surface area contributed by atoms with E-state index < -0.39 is 0 Å². The van der Waals surface area contributed by atoms with Crippen LogP contribution in [0.3, 0.4) is 0 Å². The molecule has 1 heterocycles. The number of primary amides is 1. The predicted molar refractivity (Wildman–Crippen MR) is 92.7 cm³/mol. The molecular formula is C16H18ClNOS2. The van der Waals surface area contributed by atoms with E-state index in [1.54, 1.807) is 17.8 Å². The first-order valence-corrected chi connectivity index (χ1v) is 9.23. The zero-order valence-corrected chi connectivity index (χ0v) is 14.3. The molecule has 5 heteroatoms. The average molecular weight is 340 g/mol. The van der Waals surface area contributed by atoms with Gasteiger partial charge in [-0.15, -0.1) is 23.1 Å². The Morgan fingerprint density at radius 1 is 1.19 bits per heavy atom. The minimum Gasteiger partial charge on any atom is -0.365 e. The van der Waals surface area contributed by atoms with Gasteiger partial charge >= 0.3 is 0 Å². The number of carbonyl (C=O) groups is 1. The summed E-state index contributed by atoms with van der Waals surface area (Å²) in [7, 11) is 0. The number of rotatable bonds is 2. The normalized spacial score (nSPS) is 13.0. The van der Waals surface area contributed by atoms with Gasteiger partial charge in [0.25, 0.3) is 5.91 Å². The summed E-state index contributed by atoms with van der Waals surface area (Å²) in [5.41, 5.74) is 8.01. The quantitative estimate of drug-likeness (QED) is 0.799. The minimum atomic E-state index is -0.342. The lowest BCUT2D eigenvalue weighted by Gasteiger charge is -2.14. The number of aryl methyl sites for hydroxylation is 2. The van der Waals surface area contributed by atoms with Crippen LogP contribution in [0.5, 0.6) is 0 Å². The van der Waals surface area contributed by atoms with Crippen LogP contribution in [-0.2, 0) is 12.8 Å². The fraction of sp³-hybridized carbons (Fsp3) is 0.312. The third-order valence-corrected chi connectivity index (χ3v) is 5.75. The molecule has 1 aliphatic carbocycles. The van der Waals surface area contributed by atoms with Crippen LogP contribution in [0.15, 0.2) is 34.5 Å². The van der Waals surface area contributed by atoms with Gasteiger partial charge in [-0.1, -0.05) is 17.7 Å². The number of fused-ring (bicyclic) bond motifs is 1. The molecule has 0 atom stereocenters. The van der Waals surface area contributed by atoms with Gasteiger partial charge in [0.1, 0.15) is 0 Å². The molecule has 3 rings (SSSR count). The molecule has 0 saturated heterocycles. The zero-order valence-electron chi connectivity index (χ0n) is 11.9. The number of carbonyl (C=O) groups excluding carboxylic acids is 1. The number of thioether (sulfide) groups is 1. The van der Waals surface area contributed by atoms with Crippen molar-refractivity contribution in [3.8, 4) is 0 Å². The molecule has 0 bridgehead atoms. The highest BCUT2D eigenvalue weighted by atomic mass is 35.5. The Kier molecular flexibility index (Phi) is 6.15. The van der Waals surface area contributed by atoms with Gasteiger partial charge in [0.2, 0.25) is 0 Å².